The Morgan fingerprint density at radius 2 is 1.93 bits per heavy atom. The summed E-state index contributed by atoms with van der Waals surface area (Å²) in [5, 5.41) is -0.452. The van der Waals surface area contributed by atoms with Crippen molar-refractivity contribution in [2.45, 2.75) is 6.36 Å². The van der Waals surface area contributed by atoms with Crippen LogP contribution in [0.4, 0.5) is 18.9 Å². The quantitative estimate of drug-likeness (QED) is 0.776. The van der Waals surface area contributed by atoms with Crippen LogP contribution in [0.15, 0.2) is 6.07 Å². The van der Waals surface area contributed by atoms with E-state index in [0.717, 1.165) is 6.07 Å². The zero-order valence-corrected chi connectivity index (χ0v) is 7.91. The van der Waals surface area contributed by atoms with Gasteiger partial charge in [-0.15, -0.1) is 13.2 Å². The molecule has 0 aliphatic heterocycles. The molecule has 0 aliphatic carbocycles. The Labute approximate surface area is 86.6 Å². The molecule has 0 bridgehead atoms. The molecule has 0 saturated carbocycles. The van der Waals surface area contributed by atoms with Gasteiger partial charge in [-0.25, -0.2) is 0 Å². The standard InChI is InChI=1S/C6H3Cl2F3N2O/c7-4-2(12)1-3(13-5(4)8)14-6(9,10)11/h1H,(H2,12,13). The lowest BCUT2D eigenvalue weighted by Crippen LogP contribution is -2.18. The van der Waals surface area contributed by atoms with E-state index in [9.17, 15) is 13.2 Å². The zero-order valence-electron chi connectivity index (χ0n) is 6.40. The number of nitrogen functional groups attached to an aromatic ring is 1. The van der Waals surface area contributed by atoms with Gasteiger partial charge in [0.1, 0.15) is 5.02 Å². The van der Waals surface area contributed by atoms with Gasteiger partial charge in [-0.3, -0.25) is 0 Å². The Hall–Kier alpha value is -0.880. The van der Waals surface area contributed by atoms with Crippen molar-refractivity contribution < 1.29 is 17.9 Å². The third kappa shape index (κ3) is 2.81. The summed E-state index contributed by atoms with van der Waals surface area (Å²) < 4.78 is 38.7. The molecule has 1 rings (SSSR count). The van der Waals surface area contributed by atoms with Crippen LogP contribution in [0.1, 0.15) is 0 Å². The number of hydrogen-bond acceptors (Lipinski definition) is 3. The molecule has 8 heteroatoms. The second kappa shape index (κ2) is 3.70. The first-order chi connectivity index (χ1) is 6.29. The van der Waals surface area contributed by atoms with Gasteiger partial charge < -0.3 is 10.5 Å². The first-order valence-electron chi connectivity index (χ1n) is 3.17. The van der Waals surface area contributed by atoms with Crippen molar-refractivity contribution in [3.63, 3.8) is 0 Å². The molecular formula is C6H3Cl2F3N2O. The Morgan fingerprint density at radius 3 is 2.36 bits per heavy atom. The van der Waals surface area contributed by atoms with Gasteiger partial charge >= 0.3 is 6.36 Å². The summed E-state index contributed by atoms with van der Waals surface area (Å²) in [6.45, 7) is 0. The summed E-state index contributed by atoms with van der Waals surface area (Å²) in [5.74, 6) is -0.746. The lowest BCUT2D eigenvalue weighted by Gasteiger charge is -2.09. The average molecular weight is 247 g/mol. The van der Waals surface area contributed by atoms with Crippen molar-refractivity contribution >= 4 is 28.9 Å². The van der Waals surface area contributed by atoms with Crippen molar-refractivity contribution in [3.05, 3.63) is 16.2 Å². The third-order valence-corrected chi connectivity index (χ3v) is 1.91. The molecule has 0 aliphatic rings. The molecule has 14 heavy (non-hydrogen) atoms. The van der Waals surface area contributed by atoms with Crippen molar-refractivity contribution in [1.29, 1.82) is 0 Å². The van der Waals surface area contributed by atoms with Crippen LogP contribution >= 0.6 is 23.2 Å². The van der Waals surface area contributed by atoms with Gasteiger partial charge in [-0.1, -0.05) is 23.2 Å². The minimum Gasteiger partial charge on any atom is -0.397 e. The molecule has 2 N–H and O–H groups in total. The van der Waals surface area contributed by atoms with Gasteiger partial charge in [0.25, 0.3) is 0 Å². The number of ether oxygens (including phenoxy) is 1. The van der Waals surface area contributed by atoms with E-state index in [-0.39, 0.29) is 15.9 Å². The second-order valence-electron chi connectivity index (χ2n) is 2.20. The Kier molecular flexibility index (Phi) is 2.96. The van der Waals surface area contributed by atoms with Crippen LogP contribution in [0.2, 0.25) is 10.2 Å². The highest BCUT2D eigenvalue weighted by Crippen LogP contribution is 2.31. The minimum atomic E-state index is -4.84. The van der Waals surface area contributed by atoms with Gasteiger partial charge in [0.05, 0.1) is 5.69 Å². The Morgan fingerprint density at radius 1 is 1.36 bits per heavy atom. The summed E-state index contributed by atoms with van der Waals surface area (Å²) >= 11 is 10.8. The Balaban J connectivity index is 3.02. The maximum atomic E-state index is 11.7. The fourth-order valence-electron chi connectivity index (χ4n) is 0.664. The summed E-state index contributed by atoms with van der Waals surface area (Å²) in [7, 11) is 0. The minimum absolute atomic E-state index is 0.110. The maximum absolute atomic E-state index is 11.7. The normalized spacial score (nSPS) is 11.5. The van der Waals surface area contributed by atoms with Crippen LogP contribution in [0.5, 0.6) is 5.88 Å². The fourth-order valence-corrected chi connectivity index (χ4v) is 0.954. The van der Waals surface area contributed by atoms with E-state index >= 15 is 0 Å². The van der Waals surface area contributed by atoms with Gasteiger partial charge in [0.15, 0.2) is 5.15 Å². The maximum Gasteiger partial charge on any atom is 0.574 e. The second-order valence-corrected chi connectivity index (χ2v) is 2.94. The number of alkyl halides is 3. The fraction of sp³-hybridized carbons (Fsp3) is 0.167. The number of anilines is 1. The summed E-state index contributed by atoms with van der Waals surface area (Å²) in [4.78, 5) is 3.23. The van der Waals surface area contributed by atoms with Crippen LogP contribution in [0, 0.1) is 0 Å². The van der Waals surface area contributed by atoms with Crippen molar-refractivity contribution in [2.24, 2.45) is 0 Å². The highest BCUT2D eigenvalue weighted by Gasteiger charge is 2.32. The summed E-state index contributed by atoms with van der Waals surface area (Å²) in [6.07, 6.45) is -4.84. The van der Waals surface area contributed by atoms with E-state index in [4.69, 9.17) is 28.9 Å². The monoisotopic (exact) mass is 246 g/mol. The van der Waals surface area contributed by atoms with Crippen LogP contribution in [0.3, 0.4) is 0 Å². The average Bonchev–Trinajstić information content (AvgIpc) is 1.96. The molecule has 3 nitrogen and oxygen atoms in total. The molecule has 1 heterocycles. The number of nitrogens with zero attached hydrogens (tertiary/aromatic N) is 1. The molecule has 0 aromatic carbocycles. The zero-order chi connectivity index (χ0) is 10.9. The molecule has 0 fully saturated rings. The molecule has 1 aromatic rings. The molecular weight excluding hydrogens is 244 g/mol. The smallest absolute Gasteiger partial charge is 0.397 e. The first kappa shape index (κ1) is 11.2. The molecule has 1 aromatic heterocycles. The molecule has 78 valence electrons. The van der Waals surface area contributed by atoms with Crippen LogP contribution in [-0.2, 0) is 0 Å². The van der Waals surface area contributed by atoms with Crippen molar-refractivity contribution in [3.8, 4) is 5.88 Å². The summed E-state index contributed by atoms with van der Waals surface area (Å²) in [5.41, 5.74) is 5.10. The van der Waals surface area contributed by atoms with Gasteiger partial charge in [0, 0.05) is 6.07 Å². The van der Waals surface area contributed by atoms with E-state index in [2.05, 4.69) is 9.72 Å². The van der Waals surface area contributed by atoms with Crippen molar-refractivity contribution in [1.82, 2.24) is 4.98 Å². The number of rotatable bonds is 1. The Bertz CT molecular complexity index is 332. The first-order valence-corrected chi connectivity index (χ1v) is 3.92. The highest BCUT2D eigenvalue weighted by molar-refractivity contribution is 6.42. The van der Waals surface area contributed by atoms with E-state index in [1.54, 1.807) is 0 Å². The van der Waals surface area contributed by atoms with Crippen LogP contribution in [0.25, 0.3) is 0 Å². The van der Waals surface area contributed by atoms with Crippen molar-refractivity contribution in [2.75, 3.05) is 5.73 Å². The third-order valence-electron chi connectivity index (χ3n) is 1.14. The summed E-state index contributed by atoms with van der Waals surface area (Å²) in [6, 6.07) is 0.835. The van der Waals surface area contributed by atoms with E-state index in [0.29, 0.717) is 0 Å². The molecule has 0 radical (unpaired) electrons. The van der Waals surface area contributed by atoms with Gasteiger partial charge in [-0.2, -0.15) is 4.98 Å². The van der Waals surface area contributed by atoms with Crippen LogP contribution in [-0.4, -0.2) is 11.3 Å². The lowest BCUT2D eigenvalue weighted by atomic mass is 10.4. The number of aromatic nitrogens is 1. The topological polar surface area (TPSA) is 48.1 Å². The van der Waals surface area contributed by atoms with E-state index < -0.39 is 12.2 Å². The molecule has 0 atom stereocenters. The number of hydrogen-bond donors (Lipinski definition) is 1. The van der Waals surface area contributed by atoms with Crippen LogP contribution < -0.4 is 10.5 Å². The molecule has 0 unspecified atom stereocenters. The van der Waals surface area contributed by atoms with Gasteiger partial charge in [-0.05, 0) is 0 Å². The molecule has 0 amide bonds. The number of pyridine rings is 1. The molecule has 0 saturated heterocycles. The number of halogens is 5. The predicted octanol–water partition coefficient (Wildman–Crippen LogP) is 2.87. The van der Waals surface area contributed by atoms with Gasteiger partial charge in [0.2, 0.25) is 5.88 Å². The largest absolute Gasteiger partial charge is 0.574 e. The predicted molar refractivity (Wildman–Crippen MR) is 45.4 cm³/mol. The number of nitrogens with two attached hydrogens (primary N) is 1. The van der Waals surface area contributed by atoms with E-state index in [1.807, 2.05) is 0 Å². The SMILES string of the molecule is Nc1cc(OC(F)(F)F)nc(Cl)c1Cl. The highest BCUT2D eigenvalue weighted by atomic mass is 35.5. The molecule has 0 spiro atoms. The van der Waals surface area contributed by atoms with E-state index in [1.165, 1.54) is 0 Å². The lowest BCUT2D eigenvalue weighted by molar-refractivity contribution is -0.276.